The van der Waals surface area contributed by atoms with Crippen LogP contribution in [0.1, 0.15) is 44.7 Å². The number of halogens is 2. The number of aryl methyl sites for hydroxylation is 1. The summed E-state index contributed by atoms with van der Waals surface area (Å²) in [6.45, 7) is 13.0. The Morgan fingerprint density at radius 1 is 1.05 bits per heavy atom. The average Bonchev–Trinajstić information content (AvgIpc) is 2.95. The van der Waals surface area contributed by atoms with Gasteiger partial charge in [0.25, 0.3) is 11.6 Å². The highest BCUT2D eigenvalue weighted by Crippen LogP contribution is 2.49. The molecule has 1 aliphatic rings. The normalized spacial score (nSPS) is 16.5. The maximum absolute atomic E-state index is 14.2. The molecule has 0 saturated carbocycles. The molecule has 233 valence electrons. The first kappa shape index (κ1) is 33.6. The first-order chi connectivity index (χ1) is 20.5. The van der Waals surface area contributed by atoms with Gasteiger partial charge in [0.2, 0.25) is 0 Å². The molecule has 0 spiro atoms. The van der Waals surface area contributed by atoms with Crippen LogP contribution in [0, 0.1) is 23.1 Å². The maximum atomic E-state index is 14.2. The van der Waals surface area contributed by atoms with Gasteiger partial charge in [0.15, 0.2) is 8.32 Å². The van der Waals surface area contributed by atoms with Crippen LogP contribution in [0.15, 0.2) is 35.5 Å². The van der Waals surface area contributed by atoms with Crippen molar-refractivity contribution in [1.29, 1.82) is 0 Å². The summed E-state index contributed by atoms with van der Waals surface area (Å²) in [6.07, 6.45) is 4.13. The van der Waals surface area contributed by atoms with Crippen molar-refractivity contribution in [3.8, 4) is 22.6 Å². The van der Waals surface area contributed by atoms with E-state index in [0.717, 1.165) is 0 Å². The lowest BCUT2D eigenvalue weighted by atomic mass is 9.74. The number of benzene rings is 2. The summed E-state index contributed by atoms with van der Waals surface area (Å²) in [4.78, 5) is 34.3. The van der Waals surface area contributed by atoms with Crippen LogP contribution in [0.3, 0.4) is 0 Å². The number of rotatable bonds is 10. The summed E-state index contributed by atoms with van der Waals surface area (Å²) in [5, 5.41) is 12.6. The van der Waals surface area contributed by atoms with Gasteiger partial charge in [-0.2, -0.15) is 0 Å². The Kier molecular flexibility index (Phi) is 9.61. The lowest BCUT2D eigenvalue weighted by molar-refractivity contribution is -0.385. The average molecular weight is 658 g/mol. The van der Waals surface area contributed by atoms with Crippen LogP contribution in [0.2, 0.25) is 28.2 Å². The minimum absolute atomic E-state index is 0.0237. The third kappa shape index (κ3) is 6.40. The van der Waals surface area contributed by atoms with Gasteiger partial charge in [-0.25, -0.2) is 4.99 Å². The number of non-ortho nitro benzene ring substituents is 1. The lowest BCUT2D eigenvalue weighted by Gasteiger charge is -2.37. The fourth-order valence-corrected chi connectivity index (χ4v) is 6.87. The minimum Gasteiger partial charge on any atom is -0.495 e. The molecule has 1 aliphatic heterocycles. The number of fused-ring (bicyclic) bond motifs is 1. The highest BCUT2D eigenvalue weighted by Gasteiger charge is 2.45. The van der Waals surface area contributed by atoms with Crippen molar-refractivity contribution in [2.75, 3.05) is 20.8 Å². The number of carbonyl (C=O) groups is 1. The molecule has 2 aromatic carbocycles. The highest BCUT2D eigenvalue weighted by atomic mass is 35.5. The van der Waals surface area contributed by atoms with Crippen LogP contribution in [-0.4, -0.2) is 45.0 Å². The Balaban J connectivity index is 1.87. The Morgan fingerprint density at radius 2 is 1.68 bits per heavy atom. The number of hydrogen-bond donors (Lipinski definition) is 0. The fourth-order valence-electron chi connectivity index (χ4n) is 4.94. The number of nitrogens with zero attached hydrogens (tertiary/aromatic N) is 3. The van der Waals surface area contributed by atoms with Crippen LogP contribution in [-0.2, 0) is 14.6 Å². The van der Waals surface area contributed by atoms with Gasteiger partial charge >= 0.3 is 0 Å². The van der Waals surface area contributed by atoms with E-state index in [1.165, 1.54) is 20.3 Å². The van der Waals surface area contributed by atoms with E-state index < -0.39 is 24.6 Å². The molecule has 1 aromatic heterocycles. The number of hydrogen-bond acceptors (Lipinski definition) is 7. The second kappa shape index (κ2) is 12.6. The van der Waals surface area contributed by atoms with E-state index in [0.29, 0.717) is 57.5 Å². The van der Waals surface area contributed by atoms with E-state index in [9.17, 15) is 14.9 Å². The van der Waals surface area contributed by atoms with E-state index in [2.05, 4.69) is 49.9 Å². The number of aromatic nitrogens is 1. The van der Waals surface area contributed by atoms with Crippen molar-refractivity contribution in [2.45, 2.75) is 64.1 Å². The summed E-state index contributed by atoms with van der Waals surface area (Å²) >= 11 is 13.8. The van der Waals surface area contributed by atoms with E-state index in [1.807, 2.05) is 0 Å². The molecule has 2 heterocycles. The first-order valence-electron chi connectivity index (χ1n) is 14.1. The van der Waals surface area contributed by atoms with Crippen LogP contribution in [0.25, 0.3) is 17.2 Å². The molecule has 4 rings (SSSR count). The molecule has 0 N–H and O–H groups in total. The Labute approximate surface area is 268 Å². The molecular formula is C32H36Cl2N3O6Si. The van der Waals surface area contributed by atoms with E-state index in [4.69, 9.17) is 37.1 Å². The minimum atomic E-state index is -2.04. The SMILES string of the molecule is COc1cc(OC)c(Cl)c(C2(CCCO[Si](C)(C)C(C)(C)C)C=c3ncc(-c4cc(C)[c]c([N+](=O)[O-])c4)cc3=NC2=O)c1Cl. The molecule has 1 amide bonds. The van der Waals surface area contributed by atoms with E-state index in [1.54, 1.807) is 37.4 Å². The number of nitro benzene ring substituents is 1. The summed E-state index contributed by atoms with van der Waals surface area (Å²) in [6, 6.07) is 9.17. The molecule has 3 aromatic rings. The van der Waals surface area contributed by atoms with Gasteiger partial charge in [0.05, 0.1) is 46.0 Å². The van der Waals surface area contributed by atoms with E-state index >= 15 is 0 Å². The van der Waals surface area contributed by atoms with Crippen LogP contribution >= 0.6 is 23.2 Å². The molecule has 12 heteroatoms. The predicted octanol–water partition coefficient (Wildman–Crippen LogP) is 6.77. The summed E-state index contributed by atoms with van der Waals surface area (Å²) in [5.41, 5.74) is 0.497. The van der Waals surface area contributed by atoms with Crippen LogP contribution < -0.4 is 20.2 Å². The maximum Gasteiger partial charge on any atom is 0.278 e. The molecule has 44 heavy (non-hydrogen) atoms. The van der Waals surface area contributed by atoms with Gasteiger partial charge in [-0.15, -0.1) is 0 Å². The standard InChI is InChI=1S/C32H36Cl2N3O6Si/c1-19-12-20(14-22(13-19)37(39)40)21-15-23-24(35-18-21)17-32(30(38)36-23,10-9-11-43-44(7,8)31(2,3)4)27-28(33)25(41-5)16-26(42-6)29(27)34/h12,14-18H,9-11H2,1-8H3. The quantitative estimate of drug-likeness (QED) is 0.102. The number of ether oxygens (including phenoxy) is 2. The number of amides is 1. The van der Waals surface area contributed by atoms with Gasteiger partial charge in [0.1, 0.15) is 16.9 Å². The van der Waals surface area contributed by atoms with Crippen molar-refractivity contribution in [3.05, 3.63) is 78.5 Å². The second-order valence-corrected chi connectivity index (χ2v) is 17.9. The molecule has 0 fully saturated rings. The van der Waals surface area contributed by atoms with Gasteiger partial charge in [-0.3, -0.25) is 19.9 Å². The molecule has 1 atom stereocenters. The molecular weight excluding hydrogens is 621 g/mol. The van der Waals surface area contributed by atoms with Gasteiger partial charge in [-0.1, -0.05) is 50.0 Å². The molecule has 1 unspecified atom stereocenters. The topological polar surface area (TPSA) is 113 Å². The van der Waals surface area contributed by atoms with Crippen molar-refractivity contribution >= 4 is 49.2 Å². The summed E-state index contributed by atoms with van der Waals surface area (Å²) < 4.78 is 17.5. The Hall–Kier alpha value is -3.31. The molecule has 0 saturated heterocycles. The van der Waals surface area contributed by atoms with Crippen LogP contribution in [0.5, 0.6) is 11.5 Å². The smallest absolute Gasteiger partial charge is 0.278 e. The lowest BCUT2D eigenvalue weighted by Crippen LogP contribution is -2.45. The second-order valence-electron chi connectivity index (χ2n) is 12.4. The molecule has 0 bridgehead atoms. The Bertz CT molecular complexity index is 1730. The number of pyridine rings is 1. The third-order valence-electron chi connectivity index (χ3n) is 8.41. The molecule has 1 radical (unpaired) electrons. The zero-order chi connectivity index (χ0) is 32.6. The number of methoxy groups -OCH3 is 2. The van der Waals surface area contributed by atoms with Crippen molar-refractivity contribution < 1.29 is 23.6 Å². The van der Waals surface area contributed by atoms with Crippen molar-refractivity contribution in [2.24, 2.45) is 4.99 Å². The van der Waals surface area contributed by atoms with Crippen molar-refractivity contribution in [3.63, 3.8) is 0 Å². The number of nitro groups is 1. The molecule has 0 aliphatic carbocycles. The monoisotopic (exact) mass is 656 g/mol. The van der Waals surface area contributed by atoms with Gasteiger partial charge < -0.3 is 13.9 Å². The number of carbonyl (C=O) groups excluding carboxylic acids is 1. The van der Waals surface area contributed by atoms with Gasteiger partial charge in [0, 0.05) is 36.1 Å². The predicted molar refractivity (Wildman–Crippen MR) is 174 cm³/mol. The molecule has 9 nitrogen and oxygen atoms in total. The summed E-state index contributed by atoms with van der Waals surface area (Å²) in [5.74, 6) is 0.111. The first-order valence-corrected chi connectivity index (χ1v) is 17.8. The van der Waals surface area contributed by atoms with E-state index in [-0.39, 0.29) is 27.2 Å². The largest absolute Gasteiger partial charge is 0.495 e. The summed E-state index contributed by atoms with van der Waals surface area (Å²) in [7, 11) is 0.903. The zero-order valence-corrected chi connectivity index (χ0v) is 28.6. The fraction of sp³-hybridized carbons (Fsp3) is 0.406. The Morgan fingerprint density at radius 3 is 2.25 bits per heavy atom. The van der Waals surface area contributed by atoms with Gasteiger partial charge in [-0.05, 0) is 61.2 Å². The third-order valence-corrected chi connectivity index (χ3v) is 13.7. The highest BCUT2D eigenvalue weighted by molar-refractivity contribution is 6.74. The zero-order valence-electron chi connectivity index (χ0n) is 26.1. The van der Waals surface area contributed by atoms with Crippen molar-refractivity contribution in [1.82, 2.24) is 4.98 Å². The van der Waals surface area contributed by atoms with Crippen LogP contribution in [0.4, 0.5) is 5.69 Å².